The molecule has 4 nitrogen and oxygen atoms in total. The van der Waals surface area contributed by atoms with E-state index in [4.69, 9.17) is 11.6 Å². The number of nitrogens with zero attached hydrogens (tertiary/aromatic N) is 3. The molecule has 0 aliphatic heterocycles. The van der Waals surface area contributed by atoms with Crippen molar-refractivity contribution >= 4 is 22.6 Å². The Bertz CT molecular complexity index is 736. The van der Waals surface area contributed by atoms with Crippen molar-refractivity contribution in [1.82, 2.24) is 20.1 Å². The van der Waals surface area contributed by atoms with Gasteiger partial charge >= 0.3 is 0 Å². The van der Waals surface area contributed by atoms with E-state index in [1.165, 1.54) is 0 Å². The van der Waals surface area contributed by atoms with E-state index in [1.54, 1.807) is 0 Å². The van der Waals surface area contributed by atoms with Gasteiger partial charge in [-0.15, -0.1) is 0 Å². The van der Waals surface area contributed by atoms with Crippen LogP contribution in [0.3, 0.4) is 0 Å². The number of hydrogen-bond donors (Lipinski definition) is 1. The van der Waals surface area contributed by atoms with E-state index < -0.39 is 0 Å². The Hall–Kier alpha value is -1.91. The Balaban J connectivity index is 1.92. The summed E-state index contributed by atoms with van der Waals surface area (Å²) in [6.07, 6.45) is 3.74. The monoisotopic (exact) mass is 286 g/mol. The summed E-state index contributed by atoms with van der Waals surface area (Å²) in [7, 11) is 1.92. The first-order chi connectivity index (χ1) is 9.76. The second-order valence-corrected chi connectivity index (χ2v) is 5.16. The predicted octanol–water partition coefficient (Wildman–Crippen LogP) is 2.85. The number of pyridine rings is 1. The SMILES string of the molecule is CNCc1cnc2c(cnn2Cc2cccc(Cl)c2)c1. The Kier molecular flexibility index (Phi) is 3.67. The van der Waals surface area contributed by atoms with Crippen molar-refractivity contribution in [3.05, 3.63) is 58.9 Å². The molecular weight excluding hydrogens is 272 g/mol. The normalized spacial score (nSPS) is 11.1. The van der Waals surface area contributed by atoms with E-state index in [2.05, 4.69) is 21.5 Å². The molecule has 0 radical (unpaired) electrons. The molecule has 3 rings (SSSR count). The summed E-state index contributed by atoms with van der Waals surface area (Å²) in [6, 6.07) is 9.91. The molecule has 2 aromatic heterocycles. The maximum atomic E-state index is 6.01. The van der Waals surface area contributed by atoms with Crippen LogP contribution < -0.4 is 5.32 Å². The lowest BCUT2D eigenvalue weighted by Crippen LogP contribution is -2.06. The topological polar surface area (TPSA) is 42.7 Å². The third-order valence-electron chi connectivity index (χ3n) is 3.13. The molecule has 0 saturated heterocycles. The van der Waals surface area contributed by atoms with E-state index in [-0.39, 0.29) is 0 Å². The Morgan fingerprint density at radius 3 is 2.90 bits per heavy atom. The van der Waals surface area contributed by atoms with Crippen LogP contribution in [0.15, 0.2) is 42.7 Å². The molecular formula is C15H15ClN4. The van der Waals surface area contributed by atoms with E-state index in [0.717, 1.165) is 33.7 Å². The van der Waals surface area contributed by atoms with Crippen LogP contribution in [-0.4, -0.2) is 21.8 Å². The highest BCUT2D eigenvalue weighted by Gasteiger charge is 2.06. The van der Waals surface area contributed by atoms with Gasteiger partial charge in [0.15, 0.2) is 5.65 Å². The van der Waals surface area contributed by atoms with Crippen LogP contribution in [0.4, 0.5) is 0 Å². The minimum absolute atomic E-state index is 0.669. The molecule has 1 aromatic carbocycles. The van der Waals surface area contributed by atoms with Crippen molar-refractivity contribution in [2.24, 2.45) is 0 Å². The predicted molar refractivity (Wildman–Crippen MR) is 80.8 cm³/mol. The highest BCUT2D eigenvalue weighted by Crippen LogP contribution is 2.16. The summed E-state index contributed by atoms with van der Waals surface area (Å²) in [5.74, 6) is 0. The van der Waals surface area contributed by atoms with Gasteiger partial charge in [-0.3, -0.25) is 0 Å². The molecule has 5 heteroatoms. The van der Waals surface area contributed by atoms with E-state index in [0.29, 0.717) is 6.54 Å². The number of hydrogen-bond acceptors (Lipinski definition) is 3. The van der Waals surface area contributed by atoms with Crippen LogP contribution in [0.5, 0.6) is 0 Å². The van der Waals surface area contributed by atoms with E-state index >= 15 is 0 Å². The Morgan fingerprint density at radius 1 is 1.20 bits per heavy atom. The average Bonchev–Trinajstić information content (AvgIpc) is 2.82. The van der Waals surface area contributed by atoms with Gasteiger partial charge in [-0.2, -0.15) is 5.10 Å². The van der Waals surface area contributed by atoms with Gasteiger partial charge in [-0.1, -0.05) is 23.7 Å². The molecule has 0 atom stereocenters. The van der Waals surface area contributed by atoms with Crippen molar-refractivity contribution in [3.63, 3.8) is 0 Å². The maximum absolute atomic E-state index is 6.01. The van der Waals surface area contributed by atoms with Crippen LogP contribution in [0, 0.1) is 0 Å². The largest absolute Gasteiger partial charge is 0.316 e. The maximum Gasteiger partial charge on any atom is 0.158 e. The molecule has 0 fully saturated rings. The minimum atomic E-state index is 0.669. The van der Waals surface area contributed by atoms with Crippen molar-refractivity contribution in [2.45, 2.75) is 13.1 Å². The zero-order chi connectivity index (χ0) is 13.9. The second kappa shape index (κ2) is 5.61. The summed E-state index contributed by atoms with van der Waals surface area (Å²) < 4.78 is 1.89. The van der Waals surface area contributed by atoms with Gasteiger partial charge in [0.05, 0.1) is 12.7 Å². The lowest BCUT2D eigenvalue weighted by molar-refractivity contribution is 0.704. The quantitative estimate of drug-likeness (QED) is 0.802. The molecule has 2 heterocycles. The number of rotatable bonds is 4. The highest BCUT2D eigenvalue weighted by atomic mass is 35.5. The Labute approximate surface area is 122 Å². The molecule has 1 N–H and O–H groups in total. The molecule has 0 unspecified atom stereocenters. The summed E-state index contributed by atoms with van der Waals surface area (Å²) in [5, 5.41) is 9.33. The van der Waals surface area contributed by atoms with Crippen molar-refractivity contribution < 1.29 is 0 Å². The molecule has 0 spiro atoms. The minimum Gasteiger partial charge on any atom is -0.316 e. The molecule has 0 aliphatic carbocycles. The zero-order valence-electron chi connectivity index (χ0n) is 11.2. The van der Waals surface area contributed by atoms with Crippen LogP contribution in [0.25, 0.3) is 11.0 Å². The molecule has 0 amide bonds. The average molecular weight is 287 g/mol. The first-order valence-corrected chi connectivity index (χ1v) is 6.83. The standard InChI is InChI=1S/C15H15ClN4/c1-17-7-12-5-13-9-19-20(15(13)18-8-12)10-11-3-2-4-14(16)6-11/h2-6,8-9,17H,7,10H2,1H3. The van der Waals surface area contributed by atoms with Crippen molar-refractivity contribution in [1.29, 1.82) is 0 Å². The fourth-order valence-electron chi connectivity index (χ4n) is 2.24. The molecule has 20 heavy (non-hydrogen) atoms. The lowest BCUT2D eigenvalue weighted by atomic mass is 10.2. The van der Waals surface area contributed by atoms with Gasteiger partial charge in [-0.25, -0.2) is 9.67 Å². The molecule has 0 bridgehead atoms. The molecule has 0 saturated carbocycles. The number of halogens is 1. The van der Waals surface area contributed by atoms with E-state index in [9.17, 15) is 0 Å². The first kappa shape index (κ1) is 13.1. The number of fused-ring (bicyclic) bond motifs is 1. The third kappa shape index (κ3) is 2.66. The third-order valence-corrected chi connectivity index (χ3v) is 3.37. The fraction of sp³-hybridized carbons (Fsp3) is 0.200. The summed E-state index contributed by atoms with van der Waals surface area (Å²) >= 11 is 6.01. The molecule has 0 aliphatic rings. The molecule has 102 valence electrons. The Morgan fingerprint density at radius 2 is 2.10 bits per heavy atom. The molecule has 3 aromatic rings. The van der Waals surface area contributed by atoms with Crippen molar-refractivity contribution in [3.8, 4) is 0 Å². The van der Waals surface area contributed by atoms with Gasteiger partial charge in [0.25, 0.3) is 0 Å². The van der Waals surface area contributed by atoms with Crippen LogP contribution in [0.2, 0.25) is 5.02 Å². The van der Waals surface area contributed by atoms with Gasteiger partial charge in [-0.05, 0) is 36.4 Å². The number of aromatic nitrogens is 3. The van der Waals surface area contributed by atoms with Crippen LogP contribution in [0.1, 0.15) is 11.1 Å². The fourth-order valence-corrected chi connectivity index (χ4v) is 2.46. The summed E-state index contributed by atoms with van der Waals surface area (Å²) in [4.78, 5) is 4.51. The number of benzene rings is 1. The summed E-state index contributed by atoms with van der Waals surface area (Å²) in [6.45, 7) is 1.48. The van der Waals surface area contributed by atoms with E-state index in [1.807, 2.05) is 48.4 Å². The zero-order valence-corrected chi connectivity index (χ0v) is 11.9. The van der Waals surface area contributed by atoms with Crippen molar-refractivity contribution in [2.75, 3.05) is 7.05 Å². The lowest BCUT2D eigenvalue weighted by Gasteiger charge is -2.04. The second-order valence-electron chi connectivity index (χ2n) is 4.72. The van der Waals surface area contributed by atoms with Gasteiger partial charge in [0, 0.05) is 23.2 Å². The number of nitrogens with one attached hydrogen (secondary N) is 1. The van der Waals surface area contributed by atoms with Gasteiger partial charge in [0.2, 0.25) is 0 Å². The van der Waals surface area contributed by atoms with Crippen LogP contribution in [-0.2, 0) is 13.1 Å². The summed E-state index contributed by atoms with van der Waals surface area (Å²) in [5.41, 5.74) is 3.16. The van der Waals surface area contributed by atoms with Gasteiger partial charge in [0.1, 0.15) is 0 Å². The van der Waals surface area contributed by atoms with Gasteiger partial charge < -0.3 is 5.32 Å². The first-order valence-electron chi connectivity index (χ1n) is 6.46. The smallest absolute Gasteiger partial charge is 0.158 e. The van der Waals surface area contributed by atoms with Crippen LogP contribution >= 0.6 is 11.6 Å². The highest BCUT2D eigenvalue weighted by molar-refractivity contribution is 6.30.